The van der Waals surface area contributed by atoms with E-state index in [0.29, 0.717) is 45.2 Å². The number of anilines is 1. The van der Waals surface area contributed by atoms with Gasteiger partial charge in [-0.1, -0.05) is 17.7 Å². The fourth-order valence-electron chi connectivity index (χ4n) is 3.02. The summed E-state index contributed by atoms with van der Waals surface area (Å²) in [6, 6.07) is 11.4. The van der Waals surface area contributed by atoms with Crippen LogP contribution < -0.4 is 5.32 Å². The van der Waals surface area contributed by atoms with E-state index in [4.69, 9.17) is 27.9 Å². The van der Waals surface area contributed by atoms with Crippen molar-refractivity contribution in [3.8, 4) is 0 Å². The van der Waals surface area contributed by atoms with E-state index in [1.165, 1.54) is 6.92 Å². The lowest BCUT2D eigenvalue weighted by molar-refractivity contribution is -0.114. The van der Waals surface area contributed by atoms with E-state index in [0.717, 1.165) is 0 Å². The number of carbonyl (C=O) groups excluding carboxylic acids is 3. The highest BCUT2D eigenvalue weighted by atomic mass is 35.5. The molecule has 2 aromatic rings. The Morgan fingerprint density at radius 1 is 1.11 bits per heavy atom. The van der Waals surface area contributed by atoms with Gasteiger partial charge in [-0.25, -0.2) is 4.79 Å². The van der Waals surface area contributed by atoms with E-state index in [9.17, 15) is 14.4 Å². The molecule has 144 valence electrons. The summed E-state index contributed by atoms with van der Waals surface area (Å²) < 4.78 is 5.53. The lowest BCUT2D eigenvalue weighted by Gasteiger charge is -2.13. The molecule has 5 nitrogen and oxygen atoms in total. The molecule has 0 spiro atoms. The fourth-order valence-corrected chi connectivity index (χ4v) is 3.37. The van der Waals surface area contributed by atoms with Crippen molar-refractivity contribution in [2.45, 2.75) is 25.6 Å². The van der Waals surface area contributed by atoms with Crippen LogP contribution in [-0.2, 0) is 20.2 Å². The standard InChI is InChI=1S/C21H17Cl2NO4/c1-12(25)24-16-6-7-17(14(10-16)11-22)20-18(26)8-9-19(20)28-21(27)13-2-4-15(23)5-3-13/h2-7,10H,8-9,11H2,1H3,(H,24,25). The number of alkyl halides is 1. The molecular weight excluding hydrogens is 401 g/mol. The minimum Gasteiger partial charge on any atom is -0.427 e. The Morgan fingerprint density at radius 2 is 1.82 bits per heavy atom. The number of ketones is 1. The molecule has 0 saturated carbocycles. The summed E-state index contributed by atoms with van der Waals surface area (Å²) in [7, 11) is 0. The second kappa shape index (κ2) is 8.59. The Kier molecular flexibility index (Phi) is 6.17. The number of esters is 1. The zero-order chi connectivity index (χ0) is 20.3. The first-order chi connectivity index (χ1) is 13.4. The van der Waals surface area contributed by atoms with Crippen molar-refractivity contribution < 1.29 is 19.1 Å². The molecule has 2 aromatic carbocycles. The maximum Gasteiger partial charge on any atom is 0.343 e. The number of benzene rings is 2. The number of nitrogens with one attached hydrogen (secondary N) is 1. The van der Waals surface area contributed by atoms with E-state index in [2.05, 4.69) is 5.32 Å². The second-order valence-electron chi connectivity index (χ2n) is 6.30. The normalized spacial score (nSPS) is 13.6. The molecule has 28 heavy (non-hydrogen) atoms. The van der Waals surface area contributed by atoms with Crippen molar-refractivity contribution in [2.75, 3.05) is 5.32 Å². The molecule has 7 heteroatoms. The highest BCUT2D eigenvalue weighted by Gasteiger charge is 2.29. The van der Waals surface area contributed by atoms with Crippen molar-refractivity contribution >= 4 is 52.1 Å². The minimum absolute atomic E-state index is 0.113. The van der Waals surface area contributed by atoms with Gasteiger partial charge in [0.1, 0.15) is 5.76 Å². The zero-order valence-electron chi connectivity index (χ0n) is 15.1. The predicted molar refractivity (Wildman–Crippen MR) is 108 cm³/mol. The molecule has 0 atom stereocenters. The topological polar surface area (TPSA) is 72.5 Å². The van der Waals surface area contributed by atoms with Crippen LogP contribution in [-0.4, -0.2) is 17.7 Å². The minimum atomic E-state index is -0.554. The Morgan fingerprint density at radius 3 is 2.46 bits per heavy atom. The van der Waals surface area contributed by atoms with Gasteiger partial charge < -0.3 is 10.1 Å². The Hall–Kier alpha value is -2.63. The van der Waals surface area contributed by atoms with Crippen LogP contribution in [0, 0.1) is 0 Å². The van der Waals surface area contributed by atoms with Crippen LogP contribution >= 0.6 is 23.2 Å². The molecule has 0 unspecified atom stereocenters. The molecule has 0 bridgehead atoms. The fraction of sp³-hybridized carbons (Fsp3) is 0.190. The summed E-state index contributed by atoms with van der Waals surface area (Å²) in [5, 5.41) is 3.20. The second-order valence-corrected chi connectivity index (χ2v) is 7.01. The Labute approximate surface area is 172 Å². The van der Waals surface area contributed by atoms with E-state index in [1.807, 2.05) is 0 Å². The quantitative estimate of drug-likeness (QED) is 0.550. The average molecular weight is 418 g/mol. The van der Waals surface area contributed by atoms with Gasteiger partial charge in [-0.05, 0) is 47.5 Å². The van der Waals surface area contributed by atoms with Crippen molar-refractivity contribution in [2.24, 2.45) is 0 Å². The number of carbonyl (C=O) groups is 3. The summed E-state index contributed by atoms with van der Waals surface area (Å²) in [6.45, 7) is 1.41. The van der Waals surface area contributed by atoms with Crippen LogP contribution in [0.1, 0.15) is 41.3 Å². The molecule has 0 fully saturated rings. The molecule has 0 heterocycles. The lowest BCUT2D eigenvalue weighted by Crippen LogP contribution is -2.08. The van der Waals surface area contributed by atoms with E-state index in [1.54, 1.807) is 42.5 Å². The van der Waals surface area contributed by atoms with Gasteiger partial charge in [0, 0.05) is 36.4 Å². The average Bonchev–Trinajstić information content (AvgIpc) is 3.01. The highest BCUT2D eigenvalue weighted by Crippen LogP contribution is 2.35. The van der Waals surface area contributed by atoms with Crippen LogP contribution in [0.25, 0.3) is 5.57 Å². The third-order valence-corrected chi connectivity index (χ3v) is 4.81. The smallest absolute Gasteiger partial charge is 0.343 e. The van der Waals surface area contributed by atoms with Crippen molar-refractivity contribution in [3.63, 3.8) is 0 Å². The predicted octanol–water partition coefficient (Wildman–Crippen LogP) is 4.97. The SMILES string of the molecule is CC(=O)Nc1ccc(C2=C(OC(=O)c3ccc(Cl)cc3)CCC2=O)c(CCl)c1. The molecule has 1 amide bonds. The van der Waals surface area contributed by atoms with Crippen LogP contribution in [0.3, 0.4) is 0 Å². The van der Waals surface area contributed by atoms with Crippen LogP contribution in [0.2, 0.25) is 5.02 Å². The summed E-state index contributed by atoms with van der Waals surface area (Å²) in [5.41, 5.74) is 2.54. The maximum atomic E-state index is 12.5. The van der Waals surface area contributed by atoms with Crippen LogP contribution in [0.4, 0.5) is 5.69 Å². The van der Waals surface area contributed by atoms with Crippen molar-refractivity contribution in [3.05, 3.63) is 69.9 Å². The number of amides is 1. The largest absolute Gasteiger partial charge is 0.427 e. The van der Waals surface area contributed by atoms with E-state index >= 15 is 0 Å². The number of rotatable bonds is 5. The number of Topliss-reactive ketones (excluding diaryl/α,β-unsaturated/α-hetero) is 1. The third-order valence-electron chi connectivity index (χ3n) is 4.27. The van der Waals surface area contributed by atoms with E-state index in [-0.39, 0.29) is 24.0 Å². The molecule has 1 aliphatic rings. The summed E-state index contributed by atoms with van der Waals surface area (Å²) in [6.07, 6.45) is 0.594. The molecular formula is C21H17Cl2NO4. The molecule has 3 rings (SSSR count). The molecule has 0 aliphatic heterocycles. The summed E-state index contributed by atoms with van der Waals surface area (Å²) in [5.74, 6) is -0.415. The Balaban J connectivity index is 1.95. The summed E-state index contributed by atoms with van der Waals surface area (Å²) >= 11 is 11.9. The summed E-state index contributed by atoms with van der Waals surface area (Å²) in [4.78, 5) is 36.2. The van der Waals surface area contributed by atoms with Gasteiger partial charge in [0.15, 0.2) is 5.78 Å². The van der Waals surface area contributed by atoms with Crippen molar-refractivity contribution in [1.29, 1.82) is 0 Å². The monoisotopic (exact) mass is 417 g/mol. The first kappa shape index (κ1) is 20.1. The molecule has 1 N–H and O–H groups in total. The number of ether oxygens (including phenoxy) is 1. The molecule has 0 saturated heterocycles. The number of hydrogen-bond donors (Lipinski definition) is 1. The molecule has 0 radical (unpaired) electrons. The first-order valence-corrected chi connectivity index (χ1v) is 9.51. The molecule has 0 aromatic heterocycles. The number of halogens is 2. The van der Waals surface area contributed by atoms with Gasteiger partial charge in [0.05, 0.1) is 11.1 Å². The van der Waals surface area contributed by atoms with Gasteiger partial charge in [0.25, 0.3) is 0 Å². The third kappa shape index (κ3) is 4.43. The van der Waals surface area contributed by atoms with Gasteiger partial charge in [-0.2, -0.15) is 0 Å². The number of hydrogen-bond acceptors (Lipinski definition) is 4. The van der Waals surface area contributed by atoms with Gasteiger partial charge in [-0.15, -0.1) is 11.6 Å². The van der Waals surface area contributed by atoms with Crippen molar-refractivity contribution in [1.82, 2.24) is 0 Å². The first-order valence-electron chi connectivity index (χ1n) is 8.60. The zero-order valence-corrected chi connectivity index (χ0v) is 16.6. The maximum absolute atomic E-state index is 12.5. The lowest BCUT2D eigenvalue weighted by atomic mass is 9.98. The van der Waals surface area contributed by atoms with Gasteiger partial charge >= 0.3 is 5.97 Å². The van der Waals surface area contributed by atoms with E-state index < -0.39 is 5.97 Å². The molecule has 1 aliphatic carbocycles. The highest BCUT2D eigenvalue weighted by molar-refractivity contribution is 6.30. The van der Waals surface area contributed by atoms with Gasteiger partial charge in [-0.3, -0.25) is 9.59 Å². The Bertz CT molecular complexity index is 980. The van der Waals surface area contributed by atoms with Crippen LogP contribution in [0.5, 0.6) is 0 Å². The number of allylic oxidation sites excluding steroid dienone is 2. The van der Waals surface area contributed by atoms with Crippen LogP contribution in [0.15, 0.2) is 48.2 Å². The van der Waals surface area contributed by atoms with Gasteiger partial charge in [0.2, 0.25) is 5.91 Å².